The number of ether oxygens (including phenoxy) is 1. The van der Waals surface area contributed by atoms with E-state index in [1.807, 2.05) is 42.7 Å². The van der Waals surface area contributed by atoms with Crippen molar-refractivity contribution in [3.05, 3.63) is 59.7 Å². The van der Waals surface area contributed by atoms with Crippen molar-refractivity contribution in [3.8, 4) is 11.1 Å². The van der Waals surface area contributed by atoms with E-state index in [4.69, 9.17) is 4.74 Å². The van der Waals surface area contributed by atoms with Crippen molar-refractivity contribution < 1.29 is 19.4 Å². The van der Waals surface area contributed by atoms with Gasteiger partial charge in [-0.3, -0.25) is 0 Å². The Labute approximate surface area is 163 Å². The third-order valence-electron chi connectivity index (χ3n) is 4.78. The van der Waals surface area contributed by atoms with Gasteiger partial charge in [0.05, 0.1) is 0 Å². The smallest absolute Gasteiger partial charge is 0.407 e. The molecule has 1 atom stereocenters. The zero-order valence-electron chi connectivity index (χ0n) is 15.2. The molecule has 0 fully saturated rings. The second-order valence-electron chi connectivity index (χ2n) is 6.50. The first-order valence-corrected chi connectivity index (χ1v) is 10.3. The molecule has 1 aliphatic rings. The number of amides is 1. The lowest BCUT2D eigenvalue weighted by molar-refractivity contribution is -0.139. The van der Waals surface area contributed by atoms with E-state index in [1.54, 1.807) is 11.8 Å². The summed E-state index contributed by atoms with van der Waals surface area (Å²) in [5.74, 6) is -0.219. The number of fused-ring (bicyclic) bond motifs is 3. The van der Waals surface area contributed by atoms with E-state index in [2.05, 4.69) is 17.4 Å². The van der Waals surface area contributed by atoms with Crippen LogP contribution in [0.3, 0.4) is 0 Å². The van der Waals surface area contributed by atoms with Crippen LogP contribution in [0.5, 0.6) is 0 Å². The number of thioether (sulfide) groups is 1. The first kappa shape index (κ1) is 19.3. The van der Waals surface area contributed by atoms with Crippen molar-refractivity contribution in [1.29, 1.82) is 0 Å². The van der Waals surface area contributed by atoms with Crippen molar-refractivity contribution in [2.45, 2.75) is 24.8 Å². The molecule has 142 valence electrons. The summed E-state index contributed by atoms with van der Waals surface area (Å²) in [6.07, 6.45) is 2.39. The third kappa shape index (κ3) is 4.45. The van der Waals surface area contributed by atoms with Crippen LogP contribution in [0, 0.1) is 0 Å². The summed E-state index contributed by atoms with van der Waals surface area (Å²) in [5, 5.41) is 11.8. The Morgan fingerprint density at radius 2 is 1.70 bits per heavy atom. The summed E-state index contributed by atoms with van der Waals surface area (Å²) in [6, 6.07) is 15.3. The van der Waals surface area contributed by atoms with E-state index >= 15 is 0 Å². The fourth-order valence-electron chi connectivity index (χ4n) is 3.47. The lowest BCUT2D eigenvalue weighted by atomic mass is 9.98. The summed E-state index contributed by atoms with van der Waals surface area (Å²) in [7, 11) is 0. The fraction of sp³-hybridized carbons (Fsp3) is 0.333. The quantitative estimate of drug-likeness (QED) is 0.669. The Balaban J connectivity index is 1.64. The average molecular weight is 385 g/mol. The average Bonchev–Trinajstić information content (AvgIpc) is 2.99. The SMILES string of the molecule is CSCCC[C@@H](NC(=O)OCC1c2ccccc2-c2ccccc21)C(=O)O. The van der Waals surface area contributed by atoms with Crippen LogP contribution in [0.2, 0.25) is 0 Å². The van der Waals surface area contributed by atoms with E-state index in [0.29, 0.717) is 6.42 Å². The Morgan fingerprint density at radius 1 is 1.11 bits per heavy atom. The molecular formula is C21H23NO4S. The minimum absolute atomic E-state index is 0.0390. The predicted molar refractivity (Wildman–Crippen MR) is 107 cm³/mol. The molecule has 0 bridgehead atoms. The molecule has 27 heavy (non-hydrogen) atoms. The number of nitrogens with one attached hydrogen (secondary N) is 1. The Morgan fingerprint density at radius 3 is 2.26 bits per heavy atom. The molecule has 1 aliphatic carbocycles. The number of aliphatic carboxylic acids is 1. The van der Waals surface area contributed by atoms with E-state index in [-0.39, 0.29) is 12.5 Å². The monoisotopic (exact) mass is 385 g/mol. The van der Waals surface area contributed by atoms with Gasteiger partial charge in [0.1, 0.15) is 12.6 Å². The number of carboxylic acids is 1. The van der Waals surface area contributed by atoms with Crippen molar-refractivity contribution in [1.82, 2.24) is 5.32 Å². The van der Waals surface area contributed by atoms with Gasteiger partial charge in [0, 0.05) is 5.92 Å². The molecule has 6 heteroatoms. The summed E-state index contributed by atoms with van der Waals surface area (Å²) in [5.41, 5.74) is 4.56. The summed E-state index contributed by atoms with van der Waals surface area (Å²) in [4.78, 5) is 23.5. The highest BCUT2D eigenvalue weighted by molar-refractivity contribution is 7.98. The molecule has 0 aromatic heterocycles. The van der Waals surface area contributed by atoms with Crippen LogP contribution in [0.4, 0.5) is 4.79 Å². The van der Waals surface area contributed by atoms with Crippen LogP contribution in [-0.2, 0) is 9.53 Å². The molecule has 5 nitrogen and oxygen atoms in total. The molecule has 0 saturated heterocycles. The van der Waals surface area contributed by atoms with Crippen LogP contribution >= 0.6 is 11.8 Å². The van der Waals surface area contributed by atoms with E-state index in [0.717, 1.165) is 34.4 Å². The van der Waals surface area contributed by atoms with Crippen molar-refractivity contribution in [2.24, 2.45) is 0 Å². The second kappa shape index (κ2) is 8.95. The zero-order chi connectivity index (χ0) is 19.2. The van der Waals surface area contributed by atoms with Gasteiger partial charge in [0.15, 0.2) is 0 Å². The predicted octanol–water partition coefficient (Wildman–Crippen LogP) is 4.12. The molecule has 0 unspecified atom stereocenters. The number of hydrogen-bond acceptors (Lipinski definition) is 4. The van der Waals surface area contributed by atoms with Crippen LogP contribution in [0.1, 0.15) is 29.9 Å². The second-order valence-corrected chi connectivity index (χ2v) is 7.48. The summed E-state index contributed by atoms with van der Waals surface area (Å²) in [6.45, 7) is 0.178. The van der Waals surface area contributed by atoms with Gasteiger partial charge in [-0.15, -0.1) is 0 Å². The lowest BCUT2D eigenvalue weighted by Gasteiger charge is -2.17. The van der Waals surface area contributed by atoms with E-state index in [9.17, 15) is 14.7 Å². The molecule has 0 aliphatic heterocycles. The highest BCUT2D eigenvalue weighted by Gasteiger charge is 2.29. The number of hydrogen-bond donors (Lipinski definition) is 2. The van der Waals surface area contributed by atoms with Crippen LogP contribution in [-0.4, -0.2) is 41.8 Å². The first-order chi connectivity index (χ1) is 13.1. The molecule has 1 amide bonds. The lowest BCUT2D eigenvalue weighted by Crippen LogP contribution is -2.41. The largest absolute Gasteiger partial charge is 0.480 e. The molecule has 0 radical (unpaired) electrons. The Hall–Kier alpha value is -2.47. The van der Waals surface area contributed by atoms with Crippen LogP contribution < -0.4 is 5.32 Å². The van der Waals surface area contributed by atoms with Gasteiger partial charge in [-0.2, -0.15) is 11.8 Å². The maximum atomic E-state index is 12.2. The number of carbonyl (C=O) groups is 2. The standard InChI is InChI=1S/C21H23NO4S/c1-27-12-6-11-19(20(23)24)22-21(25)26-13-18-16-9-4-2-7-14(16)15-8-3-5-10-17(15)18/h2-5,7-10,18-19H,6,11-13H2,1H3,(H,22,25)(H,23,24)/t19-/m1/s1. The van der Waals surface area contributed by atoms with Crippen molar-refractivity contribution in [2.75, 3.05) is 18.6 Å². The number of rotatable bonds is 8. The molecule has 0 heterocycles. The minimum atomic E-state index is -1.04. The van der Waals surface area contributed by atoms with E-state index < -0.39 is 18.1 Å². The molecule has 0 spiro atoms. The number of carbonyl (C=O) groups excluding carboxylic acids is 1. The highest BCUT2D eigenvalue weighted by atomic mass is 32.2. The van der Waals surface area contributed by atoms with Gasteiger partial charge in [-0.05, 0) is 47.1 Å². The maximum absolute atomic E-state index is 12.2. The van der Waals surface area contributed by atoms with Crippen LogP contribution in [0.15, 0.2) is 48.5 Å². The number of alkyl carbamates (subject to hydrolysis) is 1. The van der Waals surface area contributed by atoms with Gasteiger partial charge in [-0.1, -0.05) is 48.5 Å². The topological polar surface area (TPSA) is 75.6 Å². The zero-order valence-corrected chi connectivity index (χ0v) is 16.0. The van der Waals surface area contributed by atoms with Gasteiger partial charge in [-0.25, -0.2) is 9.59 Å². The van der Waals surface area contributed by atoms with Gasteiger partial charge >= 0.3 is 12.1 Å². The Bertz CT molecular complexity index is 778. The minimum Gasteiger partial charge on any atom is -0.480 e. The van der Waals surface area contributed by atoms with Crippen LogP contribution in [0.25, 0.3) is 11.1 Å². The number of benzene rings is 2. The van der Waals surface area contributed by atoms with Gasteiger partial charge < -0.3 is 15.2 Å². The summed E-state index contributed by atoms with van der Waals surface area (Å²) < 4.78 is 5.41. The first-order valence-electron chi connectivity index (χ1n) is 8.95. The fourth-order valence-corrected chi connectivity index (χ4v) is 3.93. The number of carboxylic acid groups (broad SMARTS) is 1. The molecule has 0 saturated carbocycles. The van der Waals surface area contributed by atoms with E-state index in [1.165, 1.54) is 0 Å². The molecule has 2 aromatic carbocycles. The molecule has 3 rings (SSSR count). The molecule has 2 aromatic rings. The highest BCUT2D eigenvalue weighted by Crippen LogP contribution is 2.44. The Kier molecular flexibility index (Phi) is 6.40. The maximum Gasteiger partial charge on any atom is 0.407 e. The molecule has 2 N–H and O–H groups in total. The van der Waals surface area contributed by atoms with Gasteiger partial charge in [0.2, 0.25) is 0 Å². The third-order valence-corrected chi connectivity index (χ3v) is 5.47. The molecular weight excluding hydrogens is 362 g/mol. The normalized spacial score (nSPS) is 13.5. The van der Waals surface area contributed by atoms with Gasteiger partial charge in [0.25, 0.3) is 0 Å². The van der Waals surface area contributed by atoms with Crippen molar-refractivity contribution in [3.63, 3.8) is 0 Å². The van der Waals surface area contributed by atoms with Crippen molar-refractivity contribution >= 4 is 23.8 Å². The summed E-state index contributed by atoms with van der Waals surface area (Å²) >= 11 is 1.65.